The fourth-order valence-corrected chi connectivity index (χ4v) is 2.14. The number of benzene rings is 2. The van der Waals surface area contributed by atoms with E-state index in [0.717, 1.165) is 5.56 Å². The van der Waals surface area contributed by atoms with Gasteiger partial charge in [0.1, 0.15) is 6.61 Å². The summed E-state index contributed by atoms with van der Waals surface area (Å²) in [5.41, 5.74) is 6.94. The van der Waals surface area contributed by atoms with Gasteiger partial charge in [-0.25, -0.2) is 0 Å². The van der Waals surface area contributed by atoms with E-state index in [2.05, 4.69) is 0 Å². The zero-order valence-electron chi connectivity index (χ0n) is 12.6. The number of nitrogens with two attached hydrogens (primary N) is 1. The van der Waals surface area contributed by atoms with E-state index in [1.54, 1.807) is 6.07 Å². The number of alkyl halides is 3. The maximum absolute atomic E-state index is 12.4. The predicted octanol–water partition coefficient (Wildman–Crippen LogP) is 4.23. The Balaban J connectivity index is 2.10. The minimum absolute atomic E-state index is 0.338. The summed E-state index contributed by atoms with van der Waals surface area (Å²) in [6, 6.07) is 13.0. The van der Waals surface area contributed by atoms with Crippen molar-refractivity contribution in [1.82, 2.24) is 0 Å². The number of rotatable bonds is 6. The molecule has 0 radical (unpaired) electrons. The van der Waals surface area contributed by atoms with Crippen molar-refractivity contribution in [2.45, 2.75) is 25.2 Å². The highest BCUT2D eigenvalue weighted by Gasteiger charge is 2.31. The van der Waals surface area contributed by atoms with Gasteiger partial charge in [0.25, 0.3) is 0 Å². The van der Waals surface area contributed by atoms with Crippen LogP contribution in [0, 0.1) is 0 Å². The average molecular weight is 325 g/mol. The molecule has 2 aromatic rings. The molecule has 1 atom stereocenters. The summed E-state index contributed by atoms with van der Waals surface area (Å²) in [5, 5.41) is 0. The van der Waals surface area contributed by atoms with E-state index in [1.165, 1.54) is 19.2 Å². The van der Waals surface area contributed by atoms with Crippen molar-refractivity contribution >= 4 is 0 Å². The SMILES string of the molecule is COc1cc([C@H](N)CC(F)(F)F)ccc1OCc1ccccc1. The smallest absolute Gasteiger partial charge is 0.390 e. The van der Waals surface area contributed by atoms with Crippen molar-refractivity contribution < 1.29 is 22.6 Å². The molecule has 0 aliphatic carbocycles. The topological polar surface area (TPSA) is 44.5 Å². The summed E-state index contributed by atoms with van der Waals surface area (Å²) in [4.78, 5) is 0. The molecule has 0 aliphatic heterocycles. The molecule has 124 valence electrons. The molecule has 0 unspecified atom stereocenters. The van der Waals surface area contributed by atoms with Crippen LogP contribution >= 0.6 is 0 Å². The normalized spacial score (nSPS) is 12.7. The van der Waals surface area contributed by atoms with Crippen molar-refractivity contribution in [1.29, 1.82) is 0 Å². The molecule has 6 heteroatoms. The average Bonchev–Trinajstić information content (AvgIpc) is 2.52. The number of hydrogen-bond acceptors (Lipinski definition) is 3. The summed E-state index contributed by atoms with van der Waals surface area (Å²) < 4.78 is 48.1. The maximum Gasteiger partial charge on any atom is 0.390 e. The molecule has 2 aromatic carbocycles. The lowest BCUT2D eigenvalue weighted by Crippen LogP contribution is -2.20. The lowest BCUT2D eigenvalue weighted by atomic mass is 10.0. The number of halogens is 3. The number of ether oxygens (including phenoxy) is 2. The van der Waals surface area contributed by atoms with Crippen LogP contribution in [0.2, 0.25) is 0 Å². The first-order valence-corrected chi connectivity index (χ1v) is 7.06. The van der Waals surface area contributed by atoms with Gasteiger partial charge >= 0.3 is 6.18 Å². The summed E-state index contributed by atoms with van der Waals surface area (Å²) in [6.45, 7) is 0.338. The molecule has 0 heterocycles. The Labute approximate surface area is 132 Å². The second-order valence-corrected chi connectivity index (χ2v) is 5.11. The first-order valence-electron chi connectivity index (χ1n) is 7.06. The Hall–Kier alpha value is -2.21. The van der Waals surface area contributed by atoms with Gasteiger partial charge < -0.3 is 15.2 Å². The van der Waals surface area contributed by atoms with Crippen LogP contribution in [-0.4, -0.2) is 13.3 Å². The first-order chi connectivity index (χ1) is 10.9. The standard InChI is InChI=1S/C17H18F3NO2/c1-22-16-9-13(14(21)10-17(18,19)20)7-8-15(16)23-11-12-5-3-2-4-6-12/h2-9,14H,10-11,21H2,1H3/t14-/m1/s1. The number of hydrogen-bond donors (Lipinski definition) is 1. The predicted molar refractivity (Wildman–Crippen MR) is 81.4 cm³/mol. The van der Waals surface area contributed by atoms with Gasteiger partial charge in [0.15, 0.2) is 11.5 Å². The summed E-state index contributed by atoms with van der Waals surface area (Å²) in [6.07, 6.45) is -5.39. The highest BCUT2D eigenvalue weighted by molar-refractivity contribution is 5.44. The van der Waals surface area contributed by atoms with E-state index < -0.39 is 18.6 Å². The van der Waals surface area contributed by atoms with E-state index >= 15 is 0 Å². The van der Waals surface area contributed by atoms with Gasteiger partial charge in [-0.1, -0.05) is 36.4 Å². The molecule has 0 spiro atoms. The van der Waals surface area contributed by atoms with Gasteiger partial charge in [-0.2, -0.15) is 13.2 Å². The molecule has 23 heavy (non-hydrogen) atoms. The van der Waals surface area contributed by atoms with Crippen LogP contribution in [0.25, 0.3) is 0 Å². The minimum atomic E-state index is -4.31. The Kier molecular flexibility index (Phi) is 5.50. The van der Waals surface area contributed by atoms with E-state index in [0.29, 0.717) is 23.7 Å². The van der Waals surface area contributed by atoms with Crippen LogP contribution in [-0.2, 0) is 6.61 Å². The quantitative estimate of drug-likeness (QED) is 0.864. The Bertz CT molecular complexity index is 629. The molecular formula is C17H18F3NO2. The van der Waals surface area contributed by atoms with Gasteiger partial charge in [0, 0.05) is 6.04 Å². The maximum atomic E-state index is 12.4. The summed E-state index contributed by atoms with van der Waals surface area (Å²) in [5.74, 6) is 0.815. The fraction of sp³-hybridized carbons (Fsp3) is 0.294. The third kappa shape index (κ3) is 5.17. The summed E-state index contributed by atoms with van der Waals surface area (Å²) >= 11 is 0. The molecule has 0 amide bonds. The molecular weight excluding hydrogens is 307 g/mol. The van der Waals surface area contributed by atoms with E-state index in [1.807, 2.05) is 30.3 Å². The van der Waals surface area contributed by atoms with Crippen molar-refractivity contribution in [3.05, 3.63) is 59.7 Å². The van der Waals surface area contributed by atoms with Gasteiger partial charge in [-0.05, 0) is 23.3 Å². The van der Waals surface area contributed by atoms with Crippen molar-refractivity contribution in [3.63, 3.8) is 0 Å². The lowest BCUT2D eigenvalue weighted by Gasteiger charge is -2.17. The third-order valence-electron chi connectivity index (χ3n) is 3.30. The lowest BCUT2D eigenvalue weighted by molar-refractivity contribution is -0.138. The molecule has 0 saturated carbocycles. The minimum Gasteiger partial charge on any atom is -0.493 e. The summed E-state index contributed by atoms with van der Waals surface area (Å²) in [7, 11) is 1.43. The highest BCUT2D eigenvalue weighted by atomic mass is 19.4. The van der Waals surface area contributed by atoms with Crippen LogP contribution in [0.4, 0.5) is 13.2 Å². The molecule has 0 fully saturated rings. The van der Waals surface area contributed by atoms with Crippen LogP contribution < -0.4 is 15.2 Å². The van der Waals surface area contributed by atoms with Crippen LogP contribution in [0.3, 0.4) is 0 Å². The number of methoxy groups -OCH3 is 1. The second-order valence-electron chi connectivity index (χ2n) is 5.11. The van der Waals surface area contributed by atoms with Crippen LogP contribution in [0.5, 0.6) is 11.5 Å². The fourth-order valence-electron chi connectivity index (χ4n) is 2.14. The highest BCUT2D eigenvalue weighted by Crippen LogP contribution is 2.34. The largest absolute Gasteiger partial charge is 0.493 e. The van der Waals surface area contributed by atoms with E-state index in [4.69, 9.17) is 15.2 Å². The molecule has 0 saturated heterocycles. The van der Waals surface area contributed by atoms with Crippen molar-refractivity contribution in [3.8, 4) is 11.5 Å². The zero-order valence-corrected chi connectivity index (χ0v) is 12.6. The molecule has 3 nitrogen and oxygen atoms in total. The molecule has 0 aromatic heterocycles. The van der Waals surface area contributed by atoms with Gasteiger partial charge in [-0.15, -0.1) is 0 Å². The zero-order chi connectivity index (χ0) is 16.9. The van der Waals surface area contributed by atoms with Crippen LogP contribution in [0.15, 0.2) is 48.5 Å². The van der Waals surface area contributed by atoms with Gasteiger partial charge in [0.2, 0.25) is 0 Å². The first kappa shape index (κ1) is 17.1. The van der Waals surface area contributed by atoms with E-state index in [-0.39, 0.29) is 0 Å². The van der Waals surface area contributed by atoms with Crippen molar-refractivity contribution in [2.75, 3.05) is 7.11 Å². The molecule has 0 bridgehead atoms. The van der Waals surface area contributed by atoms with Crippen LogP contribution in [0.1, 0.15) is 23.6 Å². The molecule has 0 aliphatic rings. The van der Waals surface area contributed by atoms with Crippen molar-refractivity contribution in [2.24, 2.45) is 5.73 Å². The Morgan fingerprint density at radius 3 is 2.35 bits per heavy atom. The molecule has 2 rings (SSSR count). The molecule has 2 N–H and O–H groups in total. The second kappa shape index (κ2) is 7.37. The van der Waals surface area contributed by atoms with Gasteiger partial charge in [0.05, 0.1) is 13.5 Å². The van der Waals surface area contributed by atoms with E-state index in [9.17, 15) is 13.2 Å². The monoisotopic (exact) mass is 325 g/mol. The Morgan fingerprint density at radius 1 is 1.04 bits per heavy atom. The van der Waals surface area contributed by atoms with Gasteiger partial charge in [-0.3, -0.25) is 0 Å². The third-order valence-corrected chi connectivity index (χ3v) is 3.30. The Morgan fingerprint density at radius 2 is 1.74 bits per heavy atom.